The van der Waals surface area contributed by atoms with Gasteiger partial charge in [-0.15, -0.1) is 0 Å². The topological polar surface area (TPSA) is 41.5 Å². The molecule has 0 radical (unpaired) electrons. The van der Waals surface area contributed by atoms with Gasteiger partial charge in [0.15, 0.2) is 0 Å². The molecule has 2 atom stereocenters. The molecule has 120 valence electrons. The number of aliphatic hydroxyl groups is 1. The summed E-state index contributed by atoms with van der Waals surface area (Å²) in [4.78, 5) is 0. The van der Waals surface area contributed by atoms with Gasteiger partial charge in [-0.2, -0.15) is 0 Å². The predicted octanol–water partition coefficient (Wildman–Crippen LogP) is 3.92. The molecule has 0 spiro atoms. The van der Waals surface area contributed by atoms with Crippen LogP contribution in [0.15, 0.2) is 24.3 Å². The summed E-state index contributed by atoms with van der Waals surface area (Å²) in [7, 11) is 0. The van der Waals surface area contributed by atoms with Crippen LogP contribution < -0.4 is 10.1 Å². The zero-order valence-corrected chi connectivity index (χ0v) is 14.3. The molecule has 0 bridgehead atoms. The van der Waals surface area contributed by atoms with Gasteiger partial charge in [-0.3, -0.25) is 0 Å². The van der Waals surface area contributed by atoms with Crippen molar-refractivity contribution >= 4 is 0 Å². The van der Waals surface area contributed by atoms with Crippen LogP contribution in [0, 0.1) is 5.41 Å². The van der Waals surface area contributed by atoms with Crippen LogP contribution in [0.25, 0.3) is 0 Å². The number of benzene rings is 1. The fourth-order valence-electron chi connectivity index (χ4n) is 2.53. The summed E-state index contributed by atoms with van der Waals surface area (Å²) in [6, 6.07) is 8.54. The Hall–Kier alpha value is -1.06. The van der Waals surface area contributed by atoms with E-state index in [0.29, 0.717) is 0 Å². The first kappa shape index (κ1) is 18.0. The summed E-state index contributed by atoms with van der Waals surface area (Å²) in [6.45, 7) is 13.3. The number of aliphatic hydroxyl groups excluding tert-OH is 1. The normalized spacial score (nSPS) is 15.0. The number of hydrogen-bond acceptors (Lipinski definition) is 3. The molecule has 2 unspecified atom stereocenters. The molecule has 1 aromatic carbocycles. The SMILES string of the molecule is CC(O)CC(C)(C)CNC(C)c1ccc(OC(C)C)cc1. The Morgan fingerprint density at radius 2 is 1.67 bits per heavy atom. The zero-order valence-electron chi connectivity index (χ0n) is 14.3. The highest BCUT2D eigenvalue weighted by Crippen LogP contribution is 2.24. The van der Waals surface area contributed by atoms with Gasteiger partial charge in [-0.25, -0.2) is 0 Å². The fraction of sp³-hybridized carbons (Fsp3) is 0.667. The third kappa shape index (κ3) is 6.96. The van der Waals surface area contributed by atoms with Crippen molar-refractivity contribution in [2.24, 2.45) is 5.41 Å². The van der Waals surface area contributed by atoms with Crippen molar-refractivity contribution in [1.29, 1.82) is 0 Å². The third-order valence-corrected chi connectivity index (χ3v) is 3.49. The van der Waals surface area contributed by atoms with Crippen molar-refractivity contribution < 1.29 is 9.84 Å². The summed E-state index contributed by atoms with van der Waals surface area (Å²) < 4.78 is 5.66. The molecule has 2 N–H and O–H groups in total. The average Bonchev–Trinajstić information content (AvgIpc) is 2.34. The minimum Gasteiger partial charge on any atom is -0.491 e. The Morgan fingerprint density at radius 3 is 2.14 bits per heavy atom. The highest BCUT2D eigenvalue weighted by atomic mass is 16.5. The summed E-state index contributed by atoms with van der Waals surface area (Å²) in [5.74, 6) is 0.912. The van der Waals surface area contributed by atoms with E-state index in [-0.39, 0.29) is 23.7 Å². The van der Waals surface area contributed by atoms with Crippen LogP contribution in [0.2, 0.25) is 0 Å². The van der Waals surface area contributed by atoms with Gasteiger partial charge >= 0.3 is 0 Å². The first-order valence-corrected chi connectivity index (χ1v) is 7.88. The van der Waals surface area contributed by atoms with Gasteiger partial charge in [0.1, 0.15) is 5.75 Å². The van der Waals surface area contributed by atoms with Crippen LogP contribution >= 0.6 is 0 Å². The summed E-state index contributed by atoms with van der Waals surface area (Å²) in [6.07, 6.45) is 0.741. The second-order valence-corrected chi connectivity index (χ2v) is 7.06. The van der Waals surface area contributed by atoms with Crippen molar-refractivity contribution in [3.05, 3.63) is 29.8 Å². The fourth-order valence-corrected chi connectivity index (χ4v) is 2.53. The molecule has 1 aromatic rings. The van der Waals surface area contributed by atoms with E-state index < -0.39 is 0 Å². The van der Waals surface area contributed by atoms with Crippen LogP contribution in [0.5, 0.6) is 5.75 Å². The maximum Gasteiger partial charge on any atom is 0.119 e. The predicted molar refractivity (Wildman–Crippen MR) is 88.7 cm³/mol. The third-order valence-electron chi connectivity index (χ3n) is 3.49. The van der Waals surface area contributed by atoms with Gasteiger partial charge in [-0.1, -0.05) is 26.0 Å². The zero-order chi connectivity index (χ0) is 16.0. The number of hydrogen-bond donors (Lipinski definition) is 2. The minimum atomic E-state index is -0.260. The summed E-state index contributed by atoms with van der Waals surface area (Å²) in [5, 5.41) is 13.1. The van der Waals surface area contributed by atoms with E-state index in [1.807, 2.05) is 32.9 Å². The molecular formula is C18H31NO2. The van der Waals surface area contributed by atoms with Crippen LogP contribution in [-0.4, -0.2) is 23.9 Å². The highest BCUT2D eigenvalue weighted by molar-refractivity contribution is 5.29. The van der Waals surface area contributed by atoms with E-state index in [4.69, 9.17) is 4.74 Å². The minimum absolute atomic E-state index is 0.0864. The molecule has 3 heteroatoms. The summed E-state index contributed by atoms with van der Waals surface area (Å²) in [5.41, 5.74) is 1.34. The number of ether oxygens (including phenoxy) is 1. The lowest BCUT2D eigenvalue weighted by atomic mass is 9.86. The van der Waals surface area contributed by atoms with Crippen molar-refractivity contribution in [1.82, 2.24) is 5.32 Å². The second kappa shape index (κ2) is 7.81. The molecule has 0 heterocycles. The smallest absolute Gasteiger partial charge is 0.119 e. The van der Waals surface area contributed by atoms with Gasteiger partial charge in [0, 0.05) is 12.6 Å². The van der Waals surface area contributed by atoms with Crippen molar-refractivity contribution in [3.8, 4) is 5.75 Å². The monoisotopic (exact) mass is 293 g/mol. The van der Waals surface area contributed by atoms with Gasteiger partial charge in [-0.05, 0) is 57.2 Å². The molecule has 0 aliphatic rings. The largest absolute Gasteiger partial charge is 0.491 e. The van der Waals surface area contributed by atoms with Crippen molar-refractivity contribution in [3.63, 3.8) is 0 Å². The van der Waals surface area contributed by atoms with Crippen LogP contribution in [0.1, 0.15) is 59.6 Å². The van der Waals surface area contributed by atoms with Gasteiger partial charge < -0.3 is 15.2 Å². The van der Waals surface area contributed by atoms with Crippen LogP contribution in [-0.2, 0) is 0 Å². The van der Waals surface area contributed by atoms with E-state index in [2.05, 4.69) is 38.2 Å². The van der Waals surface area contributed by atoms with Gasteiger partial charge in [0.25, 0.3) is 0 Å². The highest BCUT2D eigenvalue weighted by Gasteiger charge is 2.21. The molecule has 0 aliphatic carbocycles. The van der Waals surface area contributed by atoms with E-state index in [9.17, 15) is 5.11 Å². The molecule has 0 aliphatic heterocycles. The molecule has 21 heavy (non-hydrogen) atoms. The van der Waals surface area contributed by atoms with Crippen LogP contribution in [0.4, 0.5) is 0 Å². The molecule has 0 amide bonds. The maximum atomic E-state index is 9.53. The molecule has 0 fully saturated rings. The first-order valence-electron chi connectivity index (χ1n) is 7.88. The molecular weight excluding hydrogens is 262 g/mol. The second-order valence-electron chi connectivity index (χ2n) is 7.06. The van der Waals surface area contributed by atoms with Crippen molar-refractivity contribution in [2.45, 2.75) is 66.2 Å². The lowest BCUT2D eigenvalue weighted by Gasteiger charge is -2.28. The Balaban J connectivity index is 2.53. The van der Waals surface area contributed by atoms with E-state index in [1.54, 1.807) is 0 Å². The molecule has 0 saturated carbocycles. The van der Waals surface area contributed by atoms with Crippen LogP contribution in [0.3, 0.4) is 0 Å². The standard InChI is InChI=1S/C18H31NO2/c1-13(2)21-17-9-7-16(8-10-17)15(4)19-12-18(5,6)11-14(3)20/h7-10,13-15,19-20H,11-12H2,1-6H3. The maximum absolute atomic E-state index is 9.53. The van der Waals surface area contributed by atoms with E-state index in [1.165, 1.54) is 5.56 Å². The van der Waals surface area contributed by atoms with Gasteiger partial charge in [0.2, 0.25) is 0 Å². The first-order chi connectivity index (χ1) is 9.69. The lowest BCUT2D eigenvalue weighted by Crippen LogP contribution is -2.33. The molecule has 3 nitrogen and oxygen atoms in total. The van der Waals surface area contributed by atoms with Gasteiger partial charge in [0.05, 0.1) is 12.2 Å². The Labute approximate surface area is 129 Å². The molecule has 0 aromatic heterocycles. The average molecular weight is 293 g/mol. The number of rotatable bonds is 8. The molecule has 0 saturated heterocycles. The Bertz CT molecular complexity index is 410. The lowest BCUT2D eigenvalue weighted by molar-refractivity contribution is 0.127. The quantitative estimate of drug-likeness (QED) is 0.763. The summed E-state index contributed by atoms with van der Waals surface area (Å²) >= 11 is 0. The molecule has 1 rings (SSSR count). The van der Waals surface area contributed by atoms with E-state index >= 15 is 0 Å². The Kier molecular flexibility index (Phi) is 6.69. The Morgan fingerprint density at radius 1 is 1.10 bits per heavy atom. The van der Waals surface area contributed by atoms with E-state index in [0.717, 1.165) is 18.7 Å². The van der Waals surface area contributed by atoms with Crippen molar-refractivity contribution in [2.75, 3.05) is 6.54 Å². The number of nitrogens with one attached hydrogen (secondary N) is 1.